The van der Waals surface area contributed by atoms with Gasteiger partial charge in [-0.15, -0.1) is 0 Å². The fraction of sp³-hybridized carbons (Fsp3) is 0.200. The third-order valence-electron chi connectivity index (χ3n) is 2.80. The van der Waals surface area contributed by atoms with Crippen LogP contribution in [0.25, 0.3) is 11.1 Å². The number of hydrogen-bond donors (Lipinski definition) is 0. The zero-order valence-corrected chi connectivity index (χ0v) is 9.33. The molecule has 0 atom stereocenters. The second-order valence-electron chi connectivity index (χ2n) is 3.83. The Morgan fingerprint density at radius 1 is 0.867 bits per heavy atom. The Kier molecular flexibility index (Phi) is 2.86. The predicted molar refractivity (Wildman–Crippen MR) is 66.0 cm³/mol. The lowest BCUT2D eigenvalue weighted by Gasteiger charge is -2.11. The molecule has 0 amide bonds. The highest BCUT2D eigenvalue weighted by atomic mass is 14.1. The molecular formula is C15H16. The fourth-order valence-electron chi connectivity index (χ4n) is 2.04. The van der Waals surface area contributed by atoms with Gasteiger partial charge in [-0.05, 0) is 35.6 Å². The van der Waals surface area contributed by atoms with Crippen LogP contribution in [0.15, 0.2) is 48.5 Å². The van der Waals surface area contributed by atoms with Gasteiger partial charge in [-0.3, -0.25) is 0 Å². The van der Waals surface area contributed by atoms with Crippen molar-refractivity contribution < 1.29 is 0 Å². The van der Waals surface area contributed by atoms with Crippen LogP contribution in [0.4, 0.5) is 0 Å². The second kappa shape index (κ2) is 4.31. The van der Waals surface area contributed by atoms with Gasteiger partial charge in [0.05, 0.1) is 0 Å². The van der Waals surface area contributed by atoms with Crippen LogP contribution in [-0.2, 0) is 6.42 Å². The van der Waals surface area contributed by atoms with Crippen LogP contribution in [0, 0.1) is 6.92 Å². The van der Waals surface area contributed by atoms with Crippen LogP contribution in [0.3, 0.4) is 0 Å². The minimum Gasteiger partial charge on any atom is -0.0622 e. The monoisotopic (exact) mass is 196 g/mol. The van der Waals surface area contributed by atoms with Gasteiger partial charge in [0.25, 0.3) is 0 Å². The zero-order valence-electron chi connectivity index (χ0n) is 9.33. The van der Waals surface area contributed by atoms with E-state index in [9.17, 15) is 0 Å². The van der Waals surface area contributed by atoms with Gasteiger partial charge in [0.15, 0.2) is 0 Å². The lowest BCUT2D eigenvalue weighted by molar-refractivity contribution is 1.13. The van der Waals surface area contributed by atoms with Gasteiger partial charge in [-0.2, -0.15) is 0 Å². The Morgan fingerprint density at radius 2 is 1.60 bits per heavy atom. The molecule has 0 heteroatoms. The summed E-state index contributed by atoms with van der Waals surface area (Å²) in [6.07, 6.45) is 1.09. The maximum atomic E-state index is 2.22. The van der Waals surface area contributed by atoms with Crippen molar-refractivity contribution >= 4 is 0 Å². The normalized spacial score (nSPS) is 10.3. The molecule has 15 heavy (non-hydrogen) atoms. The molecule has 0 fully saturated rings. The third kappa shape index (κ3) is 1.94. The van der Waals surface area contributed by atoms with E-state index in [1.807, 2.05) is 0 Å². The molecule has 2 aromatic carbocycles. The van der Waals surface area contributed by atoms with Crippen LogP contribution in [0.2, 0.25) is 0 Å². The van der Waals surface area contributed by atoms with E-state index in [0.29, 0.717) is 0 Å². The molecule has 0 aliphatic carbocycles. The van der Waals surface area contributed by atoms with E-state index in [4.69, 9.17) is 0 Å². The van der Waals surface area contributed by atoms with Crippen molar-refractivity contribution in [1.82, 2.24) is 0 Å². The van der Waals surface area contributed by atoms with Crippen molar-refractivity contribution in [3.05, 3.63) is 59.7 Å². The first kappa shape index (κ1) is 9.97. The molecule has 0 aliphatic heterocycles. The SMILES string of the molecule is CCc1cccc(C)c1-c1ccccc1. The summed E-state index contributed by atoms with van der Waals surface area (Å²) >= 11 is 0. The molecule has 0 radical (unpaired) electrons. The van der Waals surface area contributed by atoms with Crippen LogP contribution in [0.5, 0.6) is 0 Å². The summed E-state index contributed by atoms with van der Waals surface area (Å²) in [7, 11) is 0. The quantitative estimate of drug-likeness (QED) is 0.674. The molecule has 0 aliphatic rings. The molecular weight excluding hydrogens is 180 g/mol. The second-order valence-corrected chi connectivity index (χ2v) is 3.83. The van der Waals surface area contributed by atoms with Gasteiger partial charge in [0, 0.05) is 0 Å². The predicted octanol–water partition coefficient (Wildman–Crippen LogP) is 4.22. The lowest BCUT2D eigenvalue weighted by atomic mass is 9.94. The van der Waals surface area contributed by atoms with Crippen LogP contribution >= 0.6 is 0 Å². The maximum absolute atomic E-state index is 2.22. The molecule has 0 heterocycles. The van der Waals surface area contributed by atoms with Gasteiger partial charge in [-0.25, -0.2) is 0 Å². The Hall–Kier alpha value is -1.56. The first-order valence-corrected chi connectivity index (χ1v) is 5.47. The Balaban J connectivity index is 2.61. The first-order chi connectivity index (χ1) is 7.33. The fourth-order valence-corrected chi connectivity index (χ4v) is 2.04. The minimum atomic E-state index is 1.09. The van der Waals surface area contributed by atoms with Crippen LogP contribution in [0.1, 0.15) is 18.1 Å². The summed E-state index contributed by atoms with van der Waals surface area (Å²) in [5.74, 6) is 0. The number of rotatable bonds is 2. The molecule has 0 nitrogen and oxygen atoms in total. The average molecular weight is 196 g/mol. The van der Waals surface area contributed by atoms with Crippen molar-refractivity contribution in [2.75, 3.05) is 0 Å². The Bertz CT molecular complexity index is 441. The highest BCUT2D eigenvalue weighted by Crippen LogP contribution is 2.27. The highest BCUT2D eigenvalue weighted by Gasteiger charge is 2.05. The summed E-state index contributed by atoms with van der Waals surface area (Å²) in [6.45, 7) is 4.39. The smallest absolute Gasteiger partial charge is 0.0123 e. The lowest BCUT2D eigenvalue weighted by Crippen LogP contribution is -1.90. The van der Waals surface area contributed by atoms with Crippen molar-refractivity contribution in [2.45, 2.75) is 20.3 Å². The number of benzene rings is 2. The van der Waals surface area contributed by atoms with E-state index in [2.05, 4.69) is 62.4 Å². The molecule has 0 spiro atoms. The van der Waals surface area contributed by atoms with Gasteiger partial charge in [0.2, 0.25) is 0 Å². The minimum absolute atomic E-state index is 1.09. The van der Waals surface area contributed by atoms with Crippen LogP contribution in [-0.4, -0.2) is 0 Å². The van der Waals surface area contributed by atoms with E-state index in [1.54, 1.807) is 0 Å². The van der Waals surface area contributed by atoms with Crippen molar-refractivity contribution in [1.29, 1.82) is 0 Å². The van der Waals surface area contributed by atoms with Gasteiger partial charge in [-0.1, -0.05) is 55.5 Å². The van der Waals surface area contributed by atoms with E-state index in [0.717, 1.165) is 6.42 Å². The molecule has 2 aromatic rings. The molecule has 0 bridgehead atoms. The molecule has 0 aromatic heterocycles. The van der Waals surface area contributed by atoms with E-state index in [-0.39, 0.29) is 0 Å². The molecule has 2 rings (SSSR count). The topological polar surface area (TPSA) is 0 Å². The van der Waals surface area contributed by atoms with E-state index in [1.165, 1.54) is 22.3 Å². The van der Waals surface area contributed by atoms with Gasteiger partial charge < -0.3 is 0 Å². The average Bonchev–Trinajstić information content (AvgIpc) is 2.29. The highest BCUT2D eigenvalue weighted by molar-refractivity contribution is 5.70. The summed E-state index contributed by atoms with van der Waals surface area (Å²) in [5.41, 5.74) is 5.52. The standard InChI is InChI=1S/C15H16/c1-3-13-11-7-8-12(2)15(13)14-9-5-4-6-10-14/h4-11H,3H2,1-2H3. The van der Waals surface area contributed by atoms with E-state index >= 15 is 0 Å². The Labute approximate surface area is 91.6 Å². The number of hydrogen-bond acceptors (Lipinski definition) is 0. The van der Waals surface area contributed by atoms with Gasteiger partial charge >= 0.3 is 0 Å². The van der Waals surface area contributed by atoms with Crippen molar-refractivity contribution in [2.24, 2.45) is 0 Å². The van der Waals surface area contributed by atoms with Crippen molar-refractivity contribution in [3.63, 3.8) is 0 Å². The first-order valence-electron chi connectivity index (χ1n) is 5.47. The summed E-state index contributed by atoms with van der Waals surface area (Å²) < 4.78 is 0. The molecule has 0 N–H and O–H groups in total. The molecule has 76 valence electrons. The largest absolute Gasteiger partial charge is 0.0622 e. The molecule has 0 saturated carbocycles. The van der Waals surface area contributed by atoms with Crippen molar-refractivity contribution in [3.8, 4) is 11.1 Å². The summed E-state index contributed by atoms with van der Waals surface area (Å²) in [6, 6.07) is 17.2. The third-order valence-corrected chi connectivity index (χ3v) is 2.80. The summed E-state index contributed by atoms with van der Waals surface area (Å²) in [4.78, 5) is 0. The molecule has 0 saturated heterocycles. The Morgan fingerprint density at radius 3 is 2.27 bits per heavy atom. The van der Waals surface area contributed by atoms with Gasteiger partial charge in [0.1, 0.15) is 0 Å². The summed E-state index contributed by atoms with van der Waals surface area (Å²) in [5, 5.41) is 0. The van der Waals surface area contributed by atoms with Crippen LogP contribution < -0.4 is 0 Å². The van der Waals surface area contributed by atoms with E-state index < -0.39 is 0 Å². The zero-order chi connectivity index (χ0) is 10.7. The number of aryl methyl sites for hydroxylation is 2. The maximum Gasteiger partial charge on any atom is -0.0123 e. The molecule has 0 unspecified atom stereocenters.